The highest BCUT2D eigenvalue weighted by atomic mass is 32.1. The van der Waals surface area contributed by atoms with Crippen molar-refractivity contribution in [3.05, 3.63) is 30.3 Å². The fraction of sp³-hybridized carbons (Fsp3) is 0.471. The van der Waals surface area contributed by atoms with Crippen LogP contribution in [0, 0.1) is 0 Å². The summed E-state index contributed by atoms with van der Waals surface area (Å²) >= 11 is 1.53. The first-order valence-electron chi connectivity index (χ1n) is 7.83. The van der Waals surface area contributed by atoms with Crippen molar-refractivity contribution in [3.8, 4) is 11.1 Å². The topological polar surface area (TPSA) is 42.2 Å². The highest BCUT2D eigenvalue weighted by Gasteiger charge is 2.18. The Labute approximate surface area is 132 Å². The lowest BCUT2D eigenvalue weighted by atomic mass is 10.1. The number of aromatic nitrogens is 1. The van der Waals surface area contributed by atoms with E-state index in [-0.39, 0.29) is 0 Å². The third kappa shape index (κ3) is 3.97. The molecular weight excluding hydrogens is 278 g/mol. The van der Waals surface area contributed by atoms with E-state index >= 15 is 0 Å². The second-order valence-corrected chi connectivity index (χ2v) is 6.06. The van der Waals surface area contributed by atoms with Crippen LogP contribution in [0.1, 0.15) is 39.5 Å². The van der Waals surface area contributed by atoms with Crippen molar-refractivity contribution in [2.45, 2.75) is 39.5 Å². The first-order valence-corrected chi connectivity index (χ1v) is 8.60. The molecule has 1 aromatic heterocycles. The van der Waals surface area contributed by atoms with Gasteiger partial charge in [0, 0.05) is 13.1 Å². The first kappa shape index (κ1) is 15.8. The van der Waals surface area contributed by atoms with Gasteiger partial charge in [-0.25, -0.2) is 0 Å². The van der Waals surface area contributed by atoms with Gasteiger partial charge >= 0.3 is 0 Å². The molecule has 0 saturated heterocycles. The Morgan fingerprint density at radius 2 is 1.67 bits per heavy atom. The molecule has 1 aromatic carbocycles. The van der Waals surface area contributed by atoms with Gasteiger partial charge in [-0.15, -0.1) is 0 Å². The van der Waals surface area contributed by atoms with Gasteiger partial charge in [0.1, 0.15) is 10.8 Å². The zero-order valence-corrected chi connectivity index (χ0v) is 13.8. The molecule has 114 valence electrons. The van der Waals surface area contributed by atoms with Crippen molar-refractivity contribution in [3.63, 3.8) is 0 Å². The van der Waals surface area contributed by atoms with Crippen molar-refractivity contribution >= 4 is 22.4 Å². The predicted octanol–water partition coefficient (Wildman–Crippen LogP) is 4.80. The molecule has 2 rings (SSSR count). The molecule has 0 unspecified atom stereocenters. The van der Waals surface area contributed by atoms with Crippen molar-refractivity contribution in [1.29, 1.82) is 0 Å². The lowest BCUT2D eigenvalue weighted by molar-refractivity contribution is 0.682. The summed E-state index contributed by atoms with van der Waals surface area (Å²) in [5, 5.41) is 1.22. The summed E-state index contributed by atoms with van der Waals surface area (Å²) in [6, 6.07) is 10.4. The summed E-state index contributed by atoms with van der Waals surface area (Å²) in [5.74, 6) is 0.652. The van der Waals surface area contributed by atoms with E-state index in [4.69, 9.17) is 5.73 Å². The van der Waals surface area contributed by atoms with Crippen LogP contribution in [-0.4, -0.2) is 17.5 Å². The summed E-state index contributed by atoms with van der Waals surface area (Å²) in [4.78, 5) is 2.46. The second-order valence-electron chi connectivity index (χ2n) is 5.31. The predicted molar refractivity (Wildman–Crippen MR) is 94.0 cm³/mol. The molecule has 0 aliphatic carbocycles. The molecule has 0 radical (unpaired) electrons. The highest BCUT2D eigenvalue weighted by molar-refractivity contribution is 7.11. The smallest absolute Gasteiger partial charge is 0.147 e. The van der Waals surface area contributed by atoms with Gasteiger partial charge in [0.05, 0.1) is 5.56 Å². The van der Waals surface area contributed by atoms with E-state index in [1.54, 1.807) is 0 Å². The van der Waals surface area contributed by atoms with E-state index < -0.39 is 0 Å². The maximum atomic E-state index is 6.14. The zero-order chi connectivity index (χ0) is 15.1. The van der Waals surface area contributed by atoms with Crippen LogP contribution in [0.15, 0.2) is 30.3 Å². The minimum absolute atomic E-state index is 0.652. The normalized spacial score (nSPS) is 10.8. The van der Waals surface area contributed by atoms with E-state index in [1.807, 2.05) is 6.07 Å². The van der Waals surface area contributed by atoms with E-state index in [0.29, 0.717) is 5.82 Å². The molecule has 21 heavy (non-hydrogen) atoms. The summed E-state index contributed by atoms with van der Waals surface area (Å²) in [6.45, 7) is 6.63. The maximum Gasteiger partial charge on any atom is 0.147 e. The van der Waals surface area contributed by atoms with Gasteiger partial charge in [-0.3, -0.25) is 0 Å². The van der Waals surface area contributed by atoms with Crippen LogP contribution in [-0.2, 0) is 0 Å². The molecule has 0 saturated carbocycles. The van der Waals surface area contributed by atoms with Gasteiger partial charge in [0.15, 0.2) is 0 Å². The van der Waals surface area contributed by atoms with Crippen molar-refractivity contribution in [1.82, 2.24) is 4.37 Å². The van der Waals surface area contributed by atoms with Crippen LogP contribution < -0.4 is 10.6 Å². The molecule has 0 amide bonds. The molecule has 0 aliphatic heterocycles. The number of nitrogens with two attached hydrogens (primary N) is 1. The molecule has 0 fully saturated rings. The Morgan fingerprint density at radius 1 is 1.05 bits per heavy atom. The number of rotatable bonds is 8. The molecule has 1 heterocycles. The minimum atomic E-state index is 0.652. The fourth-order valence-corrected chi connectivity index (χ4v) is 3.29. The number of unbranched alkanes of at least 4 members (excludes halogenated alkanes) is 2. The summed E-state index contributed by atoms with van der Waals surface area (Å²) in [6.07, 6.45) is 4.82. The third-order valence-electron chi connectivity index (χ3n) is 3.61. The van der Waals surface area contributed by atoms with Crippen LogP contribution in [0.2, 0.25) is 0 Å². The Morgan fingerprint density at radius 3 is 2.24 bits per heavy atom. The SMILES string of the molecule is CCCCN(CCCC)c1snc(N)c1-c1ccccc1. The molecule has 3 nitrogen and oxygen atoms in total. The number of hydrogen-bond acceptors (Lipinski definition) is 4. The Kier molecular flexibility index (Phi) is 6.05. The van der Waals surface area contributed by atoms with Crippen LogP contribution in [0.3, 0.4) is 0 Å². The zero-order valence-electron chi connectivity index (χ0n) is 13.0. The van der Waals surface area contributed by atoms with Gasteiger partial charge in [-0.05, 0) is 29.9 Å². The molecule has 0 spiro atoms. The van der Waals surface area contributed by atoms with E-state index in [2.05, 4.69) is 47.4 Å². The maximum absolute atomic E-state index is 6.14. The molecule has 2 aromatic rings. The third-order valence-corrected chi connectivity index (χ3v) is 4.54. The van der Waals surface area contributed by atoms with Gasteiger partial charge < -0.3 is 10.6 Å². The Balaban J connectivity index is 2.32. The molecule has 0 aliphatic rings. The lowest BCUT2D eigenvalue weighted by Crippen LogP contribution is -2.25. The lowest BCUT2D eigenvalue weighted by Gasteiger charge is -2.24. The van der Waals surface area contributed by atoms with Crippen molar-refractivity contribution in [2.24, 2.45) is 0 Å². The fourth-order valence-electron chi connectivity index (χ4n) is 2.40. The van der Waals surface area contributed by atoms with Gasteiger partial charge in [0.25, 0.3) is 0 Å². The van der Waals surface area contributed by atoms with E-state index in [0.717, 1.165) is 24.2 Å². The quantitative estimate of drug-likeness (QED) is 0.761. The number of benzene rings is 1. The second kappa shape index (κ2) is 8.03. The number of hydrogen-bond donors (Lipinski definition) is 1. The highest BCUT2D eigenvalue weighted by Crippen LogP contribution is 2.39. The first-order chi connectivity index (χ1) is 10.3. The average molecular weight is 303 g/mol. The minimum Gasteiger partial charge on any atom is -0.382 e. The molecular formula is C17H25N3S. The number of nitrogen functional groups attached to an aromatic ring is 1. The molecule has 0 atom stereocenters. The molecule has 2 N–H and O–H groups in total. The largest absolute Gasteiger partial charge is 0.382 e. The van der Waals surface area contributed by atoms with Crippen LogP contribution >= 0.6 is 11.5 Å². The monoisotopic (exact) mass is 303 g/mol. The van der Waals surface area contributed by atoms with Crippen LogP contribution in [0.5, 0.6) is 0 Å². The number of anilines is 2. The Bertz CT molecular complexity index is 528. The van der Waals surface area contributed by atoms with Gasteiger partial charge in [-0.2, -0.15) is 4.37 Å². The molecule has 4 heteroatoms. The molecule has 0 bridgehead atoms. The summed E-state index contributed by atoms with van der Waals surface area (Å²) in [7, 11) is 0. The summed E-state index contributed by atoms with van der Waals surface area (Å²) < 4.78 is 4.41. The van der Waals surface area contributed by atoms with Crippen LogP contribution in [0.25, 0.3) is 11.1 Å². The average Bonchev–Trinajstić information content (AvgIpc) is 2.90. The number of nitrogens with zero attached hydrogens (tertiary/aromatic N) is 2. The van der Waals surface area contributed by atoms with E-state index in [9.17, 15) is 0 Å². The van der Waals surface area contributed by atoms with Gasteiger partial charge in [0.2, 0.25) is 0 Å². The van der Waals surface area contributed by atoms with E-state index in [1.165, 1.54) is 42.2 Å². The van der Waals surface area contributed by atoms with Gasteiger partial charge in [-0.1, -0.05) is 57.0 Å². The van der Waals surface area contributed by atoms with Crippen molar-refractivity contribution < 1.29 is 0 Å². The summed E-state index contributed by atoms with van der Waals surface area (Å²) in [5.41, 5.74) is 8.41. The van der Waals surface area contributed by atoms with Crippen molar-refractivity contribution in [2.75, 3.05) is 23.7 Å². The standard InChI is InChI=1S/C17H25N3S/c1-3-5-12-20(13-6-4-2)17-15(16(18)19-21-17)14-10-8-7-9-11-14/h7-11H,3-6,12-13H2,1-2H3,(H2,18,19). The van der Waals surface area contributed by atoms with Crippen LogP contribution in [0.4, 0.5) is 10.8 Å². The Hall–Kier alpha value is -1.55.